The van der Waals surface area contributed by atoms with Crippen molar-refractivity contribution in [2.24, 2.45) is 52.3 Å². The molecule has 4 fully saturated rings. The number of carbonyl (C=O) groups is 3. The van der Waals surface area contributed by atoms with Gasteiger partial charge in [-0.3, -0.25) is 14.4 Å². The second kappa shape index (κ2) is 8.30. The fraction of sp³-hybridized carbons (Fsp3) is 0.889. The molecule has 0 aliphatic heterocycles. The molecule has 4 aliphatic carbocycles. The molecule has 0 aromatic rings. The van der Waals surface area contributed by atoms with Crippen LogP contribution in [0.25, 0.3) is 0 Å². The summed E-state index contributed by atoms with van der Waals surface area (Å²) in [4.78, 5) is 38.0. The SMILES string of the molecule is CC[C@H]1C(=O)[C@@H]2[C@H](CC[C@]3(C)[C@@H](C(C)CCC(=O)OC)CC[C@@H]23)[C@@]2(C)CCC(=O)C[C@@H]12. The Kier molecular flexibility index (Phi) is 6.15. The van der Waals surface area contributed by atoms with Crippen LogP contribution in [0.5, 0.6) is 0 Å². The summed E-state index contributed by atoms with van der Waals surface area (Å²) in [5.41, 5.74) is 0.335. The average Bonchev–Trinajstić information content (AvgIpc) is 3.10. The Morgan fingerprint density at radius 2 is 1.77 bits per heavy atom. The molecule has 0 radical (unpaired) electrons. The van der Waals surface area contributed by atoms with Gasteiger partial charge in [-0.25, -0.2) is 0 Å². The molecule has 174 valence electrons. The quantitative estimate of drug-likeness (QED) is 0.531. The number of rotatable bonds is 5. The summed E-state index contributed by atoms with van der Waals surface area (Å²) in [6, 6.07) is 0. The fourth-order valence-corrected chi connectivity index (χ4v) is 9.07. The van der Waals surface area contributed by atoms with Gasteiger partial charge in [-0.15, -0.1) is 0 Å². The summed E-state index contributed by atoms with van der Waals surface area (Å²) >= 11 is 0. The lowest BCUT2D eigenvalue weighted by Crippen LogP contribution is -2.60. The molecular formula is C27H42O4. The van der Waals surface area contributed by atoms with Crippen molar-refractivity contribution in [1.82, 2.24) is 0 Å². The first-order chi connectivity index (χ1) is 14.7. The van der Waals surface area contributed by atoms with Gasteiger partial charge in [0.15, 0.2) is 0 Å². The topological polar surface area (TPSA) is 60.4 Å². The molecule has 0 bridgehead atoms. The van der Waals surface area contributed by atoms with Crippen LogP contribution < -0.4 is 0 Å². The van der Waals surface area contributed by atoms with E-state index in [1.807, 2.05) is 0 Å². The molecule has 1 unspecified atom stereocenters. The van der Waals surface area contributed by atoms with Crippen LogP contribution in [0.2, 0.25) is 0 Å². The van der Waals surface area contributed by atoms with Gasteiger partial charge in [-0.2, -0.15) is 0 Å². The number of methoxy groups -OCH3 is 1. The number of hydrogen-bond acceptors (Lipinski definition) is 4. The van der Waals surface area contributed by atoms with E-state index in [0.717, 1.165) is 32.1 Å². The molecule has 9 atom stereocenters. The molecule has 0 N–H and O–H groups in total. The second-order valence-electron chi connectivity index (χ2n) is 11.8. The summed E-state index contributed by atoms with van der Waals surface area (Å²) < 4.78 is 4.87. The van der Waals surface area contributed by atoms with Crippen molar-refractivity contribution in [2.75, 3.05) is 7.11 Å². The van der Waals surface area contributed by atoms with E-state index in [0.29, 0.717) is 54.5 Å². The third-order valence-electron chi connectivity index (χ3n) is 10.8. The lowest BCUT2D eigenvalue weighted by molar-refractivity contribution is -0.169. The number of ether oxygens (including phenoxy) is 1. The summed E-state index contributed by atoms with van der Waals surface area (Å²) in [5, 5.41) is 0. The van der Waals surface area contributed by atoms with Gasteiger partial charge in [-0.05, 0) is 85.4 Å². The molecule has 4 saturated carbocycles. The molecule has 4 nitrogen and oxygen atoms in total. The van der Waals surface area contributed by atoms with Gasteiger partial charge in [0, 0.05) is 31.1 Å². The average molecular weight is 431 g/mol. The van der Waals surface area contributed by atoms with Crippen molar-refractivity contribution in [3.8, 4) is 0 Å². The first-order valence-corrected chi connectivity index (χ1v) is 12.8. The normalized spacial score (nSPS) is 45.5. The molecule has 4 rings (SSSR count). The highest BCUT2D eigenvalue weighted by Gasteiger charge is 2.65. The zero-order chi connectivity index (χ0) is 22.6. The van der Waals surface area contributed by atoms with Crippen LogP contribution in [0.3, 0.4) is 0 Å². The molecule has 4 heteroatoms. The van der Waals surface area contributed by atoms with Gasteiger partial charge in [0.05, 0.1) is 7.11 Å². The Bertz CT molecular complexity index is 744. The molecule has 0 saturated heterocycles. The number of esters is 1. The predicted octanol–water partition coefficient (Wildman–Crippen LogP) is 5.62. The van der Waals surface area contributed by atoms with Gasteiger partial charge in [0.2, 0.25) is 0 Å². The van der Waals surface area contributed by atoms with Crippen molar-refractivity contribution < 1.29 is 19.1 Å². The maximum Gasteiger partial charge on any atom is 0.305 e. The van der Waals surface area contributed by atoms with Gasteiger partial charge in [-0.1, -0.05) is 27.7 Å². The minimum atomic E-state index is -0.116. The summed E-state index contributed by atoms with van der Waals surface area (Å²) in [5.74, 6) is 3.21. The summed E-state index contributed by atoms with van der Waals surface area (Å²) in [6.45, 7) is 9.32. The maximum absolute atomic E-state index is 13.9. The van der Waals surface area contributed by atoms with Crippen molar-refractivity contribution >= 4 is 17.5 Å². The molecule has 0 spiro atoms. The van der Waals surface area contributed by atoms with E-state index in [1.54, 1.807) is 0 Å². The number of Topliss-reactive ketones (excluding diaryl/α,β-unsaturated/α-hetero) is 2. The molecule has 0 aromatic heterocycles. The fourth-order valence-electron chi connectivity index (χ4n) is 9.07. The van der Waals surface area contributed by atoms with E-state index in [4.69, 9.17) is 4.74 Å². The van der Waals surface area contributed by atoms with Crippen molar-refractivity contribution in [2.45, 2.75) is 91.9 Å². The molecule has 4 aliphatic rings. The third kappa shape index (κ3) is 3.51. The zero-order valence-electron chi connectivity index (χ0n) is 20.2. The Hall–Kier alpha value is -1.19. The highest BCUT2D eigenvalue weighted by molar-refractivity contribution is 5.88. The highest BCUT2D eigenvalue weighted by Crippen LogP contribution is 2.68. The molecule has 31 heavy (non-hydrogen) atoms. The molecule has 0 amide bonds. The summed E-state index contributed by atoms with van der Waals surface area (Å²) in [6.07, 6.45) is 9.18. The second-order valence-corrected chi connectivity index (χ2v) is 11.8. The van der Waals surface area contributed by atoms with Crippen LogP contribution in [0.15, 0.2) is 0 Å². The van der Waals surface area contributed by atoms with Crippen LogP contribution in [-0.4, -0.2) is 24.6 Å². The first kappa shape index (κ1) is 23.0. The Labute approximate surface area is 188 Å². The third-order valence-corrected chi connectivity index (χ3v) is 10.8. The summed E-state index contributed by atoms with van der Waals surface area (Å²) in [7, 11) is 1.46. The van der Waals surface area contributed by atoms with Crippen molar-refractivity contribution in [3.05, 3.63) is 0 Å². The van der Waals surface area contributed by atoms with Crippen LogP contribution in [0, 0.1) is 52.3 Å². The number of fused-ring (bicyclic) bond motifs is 5. The van der Waals surface area contributed by atoms with Gasteiger partial charge in [0.1, 0.15) is 11.6 Å². The Morgan fingerprint density at radius 1 is 1.06 bits per heavy atom. The van der Waals surface area contributed by atoms with E-state index in [1.165, 1.54) is 20.0 Å². The number of carbonyl (C=O) groups excluding carboxylic acids is 3. The Balaban J connectivity index is 1.60. The minimum absolute atomic E-state index is 0.0636. The largest absolute Gasteiger partial charge is 0.469 e. The highest BCUT2D eigenvalue weighted by atomic mass is 16.5. The zero-order valence-corrected chi connectivity index (χ0v) is 20.2. The minimum Gasteiger partial charge on any atom is -0.469 e. The van der Waals surface area contributed by atoms with Crippen LogP contribution in [-0.2, 0) is 19.1 Å². The molecule has 0 heterocycles. The van der Waals surface area contributed by atoms with Gasteiger partial charge in [0.25, 0.3) is 0 Å². The van der Waals surface area contributed by atoms with Gasteiger partial charge < -0.3 is 4.74 Å². The lowest BCUT2D eigenvalue weighted by atomic mass is 9.42. The van der Waals surface area contributed by atoms with E-state index < -0.39 is 0 Å². The van der Waals surface area contributed by atoms with Crippen LogP contribution in [0.4, 0.5) is 0 Å². The van der Waals surface area contributed by atoms with E-state index in [9.17, 15) is 14.4 Å². The standard InChI is InChI=1S/C27H42O4/c1-6-18-22-15-17(28)11-13-27(22,4)21-12-14-26(3)19(16(2)7-10-23(29)31-5)8-9-20(26)24(21)25(18)30/h16,18-22,24H,6-15H2,1-5H3/t16?,18-,19-,20+,21+,22+,24+,26-,27-/m1/s1. The number of ketones is 2. The van der Waals surface area contributed by atoms with Crippen LogP contribution >= 0.6 is 0 Å². The monoisotopic (exact) mass is 430 g/mol. The number of hydrogen-bond donors (Lipinski definition) is 0. The van der Waals surface area contributed by atoms with Gasteiger partial charge >= 0.3 is 5.97 Å². The van der Waals surface area contributed by atoms with Crippen LogP contribution in [0.1, 0.15) is 91.9 Å². The van der Waals surface area contributed by atoms with Crippen molar-refractivity contribution in [3.63, 3.8) is 0 Å². The van der Waals surface area contributed by atoms with E-state index in [2.05, 4.69) is 27.7 Å². The maximum atomic E-state index is 13.9. The first-order valence-electron chi connectivity index (χ1n) is 12.8. The lowest BCUT2D eigenvalue weighted by Gasteiger charge is -2.61. The molecule has 0 aromatic carbocycles. The predicted molar refractivity (Wildman–Crippen MR) is 120 cm³/mol. The van der Waals surface area contributed by atoms with E-state index >= 15 is 0 Å². The van der Waals surface area contributed by atoms with Crippen molar-refractivity contribution in [1.29, 1.82) is 0 Å². The molecular weight excluding hydrogens is 388 g/mol. The smallest absolute Gasteiger partial charge is 0.305 e. The Morgan fingerprint density at radius 3 is 2.45 bits per heavy atom. The van der Waals surface area contributed by atoms with E-state index in [-0.39, 0.29) is 34.6 Å².